The maximum Gasteiger partial charge on any atom is -0.0103 e. The highest BCUT2D eigenvalue weighted by Crippen LogP contribution is 2.37. The Morgan fingerprint density at radius 2 is 0.289 bits per heavy atom. The molecule has 0 nitrogen and oxygen atoms in total. The molecule has 0 atom stereocenters. The Kier molecular flexibility index (Phi) is 27.4. The van der Waals surface area contributed by atoms with E-state index in [-0.39, 0.29) is 0 Å². The van der Waals surface area contributed by atoms with Crippen LogP contribution in [0.4, 0.5) is 0 Å². The van der Waals surface area contributed by atoms with Gasteiger partial charge in [-0.2, -0.15) is 0 Å². The maximum absolute atomic E-state index is 2.26. The Hall–Kier alpha value is -14.0. The van der Waals surface area contributed by atoms with Gasteiger partial charge in [0.15, 0.2) is 0 Å². The number of aryl methyl sites for hydroxylation is 6. The number of hydrogen-bond donors (Lipinski definition) is 0. The van der Waals surface area contributed by atoms with Gasteiger partial charge in [0.25, 0.3) is 0 Å². The molecule has 0 N–H and O–H groups in total. The van der Waals surface area contributed by atoms with Crippen molar-refractivity contribution >= 4 is 0 Å². The molecule has 0 spiro atoms. The maximum atomic E-state index is 2.26. The molecule has 0 unspecified atom stereocenters. The third-order valence-corrected chi connectivity index (χ3v) is 20.3. The minimum absolute atomic E-state index is 1.26. The van der Waals surface area contributed by atoms with Gasteiger partial charge < -0.3 is 0 Å². The van der Waals surface area contributed by atoms with Crippen LogP contribution in [-0.4, -0.2) is 0 Å². The van der Waals surface area contributed by atoms with Crippen LogP contribution in [0.5, 0.6) is 0 Å². The molecular formula is C114H96. The summed E-state index contributed by atoms with van der Waals surface area (Å²) in [4.78, 5) is 0. The summed E-state index contributed by atoms with van der Waals surface area (Å²) in [7, 11) is 0. The zero-order chi connectivity index (χ0) is 78.5. The molecule has 552 valence electrons. The topological polar surface area (TPSA) is 0 Å². The molecule has 0 saturated heterocycles. The lowest BCUT2D eigenvalue weighted by molar-refractivity contribution is 1.46. The number of rotatable bonds is 12. The van der Waals surface area contributed by atoms with Crippen molar-refractivity contribution in [3.63, 3.8) is 0 Å². The normalized spacial score (nSPS) is 10.4. The van der Waals surface area contributed by atoms with E-state index in [4.69, 9.17) is 0 Å². The van der Waals surface area contributed by atoms with Crippen molar-refractivity contribution < 1.29 is 0 Å². The fourth-order valence-electron chi connectivity index (χ4n) is 14.4. The smallest absolute Gasteiger partial charge is 0.0103 e. The van der Waals surface area contributed by atoms with Crippen molar-refractivity contribution in [2.45, 2.75) is 41.5 Å². The summed E-state index contributed by atoms with van der Waals surface area (Å²) in [5.41, 5.74) is 38.5. The molecule has 0 amide bonds. The molecule has 0 aliphatic carbocycles. The predicted molar refractivity (Wildman–Crippen MR) is 492 cm³/mol. The zero-order valence-electron chi connectivity index (χ0n) is 66.0. The number of benzene rings is 18. The summed E-state index contributed by atoms with van der Waals surface area (Å²) in [6, 6.07) is 167. The highest BCUT2D eigenvalue weighted by atomic mass is 14.2. The highest BCUT2D eigenvalue weighted by molar-refractivity contribution is 5.86. The SMILES string of the molecule is Cc1cc(-c2ccccc2)cc(-c2ccccc2)c1.Cc1cccc(-c2cccc(-c3ccccc3)c2)c1.Cc1cccc(-c2ccccc2-c2ccccc2)c1.Cc1ccccc1-c1ccc(-c2ccccc2)cc1.Cc1ccccc1-c1cccc(-c2ccccc2)c1.Cc1ccccc1-c1ccccc1-c1ccccc1. The van der Waals surface area contributed by atoms with E-state index in [2.05, 4.69) is 503 Å². The van der Waals surface area contributed by atoms with Crippen LogP contribution in [0, 0.1) is 41.5 Å². The predicted octanol–water partition coefficient (Wildman–Crippen LogP) is 32.0. The van der Waals surface area contributed by atoms with Crippen LogP contribution in [0.3, 0.4) is 0 Å². The number of hydrogen-bond acceptors (Lipinski definition) is 0. The van der Waals surface area contributed by atoms with Crippen molar-refractivity contribution in [2.24, 2.45) is 0 Å². The molecule has 0 fully saturated rings. The van der Waals surface area contributed by atoms with E-state index >= 15 is 0 Å². The molecule has 0 radical (unpaired) electrons. The minimum atomic E-state index is 1.26. The van der Waals surface area contributed by atoms with Gasteiger partial charge in [-0.1, -0.05) is 466 Å². The van der Waals surface area contributed by atoms with Crippen molar-refractivity contribution in [3.05, 3.63) is 507 Å². The van der Waals surface area contributed by atoms with Crippen LogP contribution in [0.2, 0.25) is 0 Å². The average Bonchev–Trinajstić information content (AvgIpc) is 0.842. The largest absolute Gasteiger partial charge is 0.0622 e. The molecule has 18 aromatic rings. The third-order valence-electron chi connectivity index (χ3n) is 20.3. The van der Waals surface area contributed by atoms with Crippen LogP contribution < -0.4 is 0 Å². The van der Waals surface area contributed by atoms with E-state index in [0.717, 1.165) is 0 Å². The van der Waals surface area contributed by atoms with Crippen LogP contribution in [-0.2, 0) is 0 Å². The van der Waals surface area contributed by atoms with Gasteiger partial charge in [0.1, 0.15) is 0 Å². The Labute approximate surface area is 677 Å². The summed E-state index contributed by atoms with van der Waals surface area (Å²) in [6.07, 6.45) is 0. The summed E-state index contributed by atoms with van der Waals surface area (Å²) >= 11 is 0. The summed E-state index contributed by atoms with van der Waals surface area (Å²) in [5.74, 6) is 0. The van der Waals surface area contributed by atoms with Gasteiger partial charge in [-0.15, -0.1) is 0 Å². The summed E-state index contributed by atoms with van der Waals surface area (Å²) in [5, 5.41) is 0. The van der Waals surface area contributed by atoms with Crippen molar-refractivity contribution in [2.75, 3.05) is 0 Å². The van der Waals surface area contributed by atoms with E-state index in [0.29, 0.717) is 0 Å². The first-order chi connectivity index (χ1) is 56.0. The summed E-state index contributed by atoms with van der Waals surface area (Å²) in [6.45, 7) is 12.9. The fourth-order valence-corrected chi connectivity index (χ4v) is 14.4. The standard InChI is InChI=1S/6C19H16/c1-15-12-18(16-8-4-2-5-9-16)14-19(13-15)17-10-6-3-7-11-17;1-15-7-5-10-17(13-15)19-12-6-11-18(14-19)16-8-3-2-4-9-16;1-15-9-5-6-12-17(15)19-14-8-7-13-18(19)16-10-3-2-4-11-16;1-15-8-7-11-17(14-15)19-13-6-5-12-18(19)16-9-3-2-4-10-16;1-15-8-5-6-13-19(15)18-12-7-11-17(14-18)16-9-3-2-4-10-16;1-15-7-5-6-10-19(15)18-13-11-17(12-14-18)16-8-3-2-4-9-16/h6*2-14H,1H3. The molecule has 18 rings (SSSR count). The van der Waals surface area contributed by atoms with E-state index in [1.807, 2.05) is 12.1 Å². The van der Waals surface area contributed by atoms with Crippen LogP contribution in [0.25, 0.3) is 134 Å². The zero-order valence-corrected chi connectivity index (χ0v) is 66.0. The minimum Gasteiger partial charge on any atom is -0.0622 e. The Bertz CT molecular complexity index is 5920. The van der Waals surface area contributed by atoms with Crippen molar-refractivity contribution in [1.82, 2.24) is 0 Å². The second-order valence-electron chi connectivity index (χ2n) is 28.7. The van der Waals surface area contributed by atoms with Gasteiger partial charge in [0, 0.05) is 0 Å². The lowest BCUT2D eigenvalue weighted by Gasteiger charge is -2.12. The van der Waals surface area contributed by atoms with Crippen LogP contribution >= 0.6 is 0 Å². The fraction of sp³-hybridized carbons (Fsp3) is 0.0526. The average molecular weight is 1470 g/mol. The molecule has 0 heterocycles. The van der Waals surface area contributed by atoms with E-state index < -0.39 is 0 Å². The highest BCUT2D eigenvalue weighted by Gasteiger charge is 2.12. The Balaban J connectivity index is 0.000000119. The van der Waals surface area contributed by atoms with E-state index in [9.17, 15) is 0 Å². The van der Waals surface area contributed by atoms with Gasteiger partial charge in [-0.3, -0.25) is 0 Å². The lowest BCUT2D eigenvalue weighted by atomic mass is 9.92. The van der Waals surface area contributed by atoms with Gasteiger partial charge in [-0.05, 0) is 216 Å². The second kappa shape index (κ2) is 40.1. The second-order valence-corrected chi connectivity index (χ2v) is 28.7. The van der Waals surface area contributed by atoms with Gasteiger partial charge in [-0.25, -0.2) is 0 Å². The van der Waals surface area contributed by atoms with Crippen molar-refractivity contribution in [3.8, 4) is 134 Å². The lowest BCUT2D eigenvalue weighted by Crippen LogP contribution is -1.87. The molecule has 0 bridgehead atoms. The quantitative estimate of drug-likeness (QED) is 0.114. The van der Waals surface area contributed by atoms with Gasteiger partial charge in [0.2, 0.25) is 0 Å². The molecule has 0 aliphatic rings. The molecule has 114 heavy (non-hydrogen) atoms. The molecule has 0 heteroatoms. The molecule has 18 aromatic carbocycles. The first-order valence-corrected chi connectivity index (χ1v) is 39.4. The van der Waals surface area contributed by atoms with Gasteiger partial charge in [0.05, 0.1) is 0 Å². The molecule has 0 saturated carbocycles. The first kappa shape index (κ1) is 78.1. The summed E-state index contributed by atoms with van der Waals surface area (Å²) < 4.78 is 0. The van der Waals surface area contributed by atoms with Gasteiger partial charge >= 0.3 is 0 Å². The van der Waals surface area contributed by atoms with Crippen LogP contribution in [0.15, 0.2) is 473 Å². The van der Waals surface area contributed by atoms with E-state index in [1.54, 1.807) is 0 Å². The van der Waals surface area contributed by atoms with Crippen LogP contribution in [0.1, 0.15) is 33.4 Å². The molecule has 0 aliphatic heterocycles. The Morgan fingerprint density at radius 1 is 0.0965 bits per heavy atom. The third kappa shape index (κ3) is 21.5. The first-order valence-electron chi connectivity index (χ1n) is 39.4. The molecule has 0 aromatic heterocycles. The van der Waals surface area contributed by atoms with E-state index in [1.165, 1.54) is 167 Å². The monoisotopic (exact) mass is 1460 g/mol. The Morgan fingerprint density at radius 3 is 0.675 bits per heavy atom. The molecular weight excluding hydrogens is 1370 g/mol. The van der Waals surface area contributed by atoms with Crippen molar-refractivity contribution in [1.29, 1.82) is 0 Å².